The number of carbonyl (C=O) groups is 1. The standard InChI is InChI=1S/C15H17F3N2O3/c16-11-5-9(23-14(17)18)2-1-8(11)7-19-15(21)20-12-6-10-3-4-13(12)22-10/h1-2,5,10,12-14H,3-4,6-7H2,(H2,19,20,21)/t10-,12+,13+/m0/s1. The van der Waals surface area contributed by atoms with Crippen molar-refractivity contribution in [1.29, 1.82) is 0 Å². The summed E-state index contributed by atoms with van der Waals surface area (Å²) in [6.07, 6.45) is 3.06. The summed E-state index contributed by atoms with van der Waals surface area (Å²) < 4.78 is 47.6. The van der Waals surface area contributed by atoms with Gasteiger partial charge in [-0.05, 0) is 25.3 Å². The highest BCUT2D eigenvalue weighted by Gasteiger charge is 2.41. The van der Waals surface area contributed by atoms with Crippen molar-refractivity contribution in [3.63, 3.8) is 0 Å². The van der Waals surface area contributed by atoms with Crippen molar-refractivity contribution in [3.8, 4) is 5.75 Å². The Morgan fingerprint density at radius 1 is 1.39 bits per heavy atom. The minimum absolute atomic E-state index is 0.0135. The fraction of sp³-hybridized carbons (Fsp3) is 0.533. The lowest BCUT2D eigenvalue weighted by Crippen LogP contribution is -2.46. The molecule has 2 saturated heterocycles. The van der Waals surface area contributed by atoms with E-state index in [-0.39, 0.29) is 36.1 Å². The number of carbonyl (C=O) groups excluding carboxylic acids is 1. The number of hydrogen-bond acceptors (Lipinski definition) is 3. The molecule has 0 radical (unpaired) electrons. The largest absolute Gasteiger partial charge is 0.435 e. The van der Waals surface area contributed by atoms with Crippen LogP contribution >= 0.6 is 0 Å². The first-order valence-corrected chi connectivity index (χ1v) is 7.44. The predicted molar refractivity (Wildman–Crippen MR) is 74.7 cm³/mol. The van der Waals surface area contributed by atoms with E-state index in [1.807, 2.05) is 0 Å². The summed E-state index contributed by atoms with van der Waals surface area (Å²) in [6.45, 7) is -3.05. The first-order chi connectivity index (χ1) is 11.0. The lowest BCUT2D eigenvalue weighted by atomic mass is 9.96. The molecule has 0 spiro atoms. The molecular weight excluding hydrogens is 313 g/mol. The van der Waals surface area contributed by atoms with Crippen LogP contribution in [-0.2, 0) is 11.3 Å². The second kappa shape index (κ2) is 6.66. The molecule has 5 nitrogen and oxygen atoms in total. The van der Waals surface area contributed by atoms with E-state index in [2.05, 4.69) is 15.4 Å². The molecule has 2 heterocycles. The Balaban J connectivity index is 1.48. The van der Waals surface area contributed by atoms with Crippen LogP contribution in [0.2, 0.25) is 0 Å². The number of ether oxygens (including phenoxy) is 2. The molecule has 2 bridgehead atoms. The molecule has 2 N–H and O–H groups in total. The summed E-state index contributed by atoms with van der Waals surface area (Å²) in [7, 11) is 0. The summed E-state index contributed by atoms with van der Waals surface area (Å²) in [5, 5.41) is 5.37. The number of urea groups is 1. The van der Waals surface area contributed by atoms with E-state index in [9.17, 15) is 18.0 Å². The van der Waals surface area contributed by atoms with Gasteiger partial charge in [-0.25, -0.2) is 9.18 Å². The topological polar surface area (TPSA) is 59.6 Å². The summed E-state index contributed by atoms with van der Waals surface area (Å²) in [5.41, 5.74) is 0.186. The predicted octanol–water partition coefficient (Wildman–Crippen LogP) is 2.55. The number of fused-ring (bicyclic) bond motifs is 2. The summed E-state index contributed by atoms with van der Waals surface area (Å²) in [6, 6.07) is 2.98. The number of hydrogen-bond donors (Lipinski definition) is 2. The third-order valence-electron chi connectivity index (χ3n) is 4.11. The highest BCUT2D eigenvalue weighted by Crippen LogP contribution is 2.34. The number of alkyl halides is 2. The lowest BCUT2D eigenvalue weighted by molar-refractivity contribution is -0.0500. The van der Waals surface area contributed by atoms with Crippen LogP contribution in [0, 0.1) is 5.82 Å². The van der Waals surface area contributed by atoms with Crippen molar-refractivity contribution in [2.24, 2.45) is 0 Å². The fourth-order valence-electron chi connectivity index (χ4n) is 3.03. The van der Waals surface area contributed by atoms with Gasteiger partial charge in [-0.1, -0.05) is 6.07 Å². The van der Waals surface area contributed by atoms with Gasteiger partial charge in [-0.2, -0.15) is 8.78 Å². The quantitative estimate of drug-likeness (QED) is 0.872. The van der Waals surface area contributed by atoms with E-state index in [1.54, 1.807) is 0 Å². The average molecular weight is 330 g/mol. The van der Waals surface area contributed by atoms with Crippen molar-refractivity contribution in [2.75, 3.05) is 0 Å². The Kier molecular flexibility index (Phi) is 4.61. The molecule has 2 aliphatic heterocycles. The monoisotopic (exact) mass is 330 g/mol. The Labute approximate surface area is 131 Å². The molecule has 0 aromatic heterocycles. The second-order valence-electron chi connectivity index (χ2n) is 5.67. The molecule has 2 fully saturated rings. The number of halogens is 3. The van der Waals surface area contributed by atoms with Crippen LogP contribution in [-0.4, -0.2) is 30.9 Å². The third kappa shape index (κ3) is 3.87. The minimum atomic E-state index is -3.01. The Morgan fingerprint density at radius 3 is 2.83 bits per heavy atom. The normalized spacial score (nSPS) is 25.7. The van der Waals surface area contributed by atoms with Gasteiger partial charge in [0.05, 0.1) is 18.2 Å². The van der Waals surface area contributed by atoms with Crippen molar-refractivity contribution in [1.82, 2.24) is 10.6 Å². The number of nitrogens with one attached hydrogen (secondary N) is 2. The number of benzene rings is 1. The summed E-state index contributed by atoms with van der Waals surface area (Å²) in [4.78, 5) is 11.8. The molecule has 126 valence electrons. The van der Waals surface area contributed by atoms with E-state index < -0.39 is 18.5 Å². The Hall–Kier alpha value is -1.96. The van der Waals surface area contributed by atoms with E-state index >= 15 is 0 Å². The molecule has 2 aliphatic rings. The molecule has 1 aromatic rings. The van der Waals surface area contributed by atoms with Gasteiger partial charge in [0.1, 0.15) is 11.6 Å². The average Bonchev–Trinajstić information content (AvgIpc) is 3.08. The summed E-state index contributed by atoms with van der Waals surface area (Å²) in [5.74, 6) is -0.975. The Morgan fingerprint density at radius 2 is 2.22 bits per heavy atom. The Bertz CT molecular complexity index is 585. The first kappa shape index (κ1) is 15.9. The van der Waals surface area contributed by atoms with Crippen LogP contribution in [0.25, 0.3) is 0 Å². The van der Waals surface area contributed by atoms with Gasteiger partial charge < -0.3 is 20.1 Å². The SMILES string of the molecule is O=C(NCc1ccc(OC(F)F)cc1F)N[C@@H]1C[C@@H]2CC[C@H]1O2. The van der Waals surface area contributed by atoms with Gasteiger partial charge in [0.25, 0.3) is 0 Å². The van der Waals surface area contributed by atoms with E-state index in [0.29, 0.717) is 0 Å². The zero-order valence-electron chi connectivity index (χ0n) is 12.2. The molecule has 2 amide bonds. The maximum absolute atomic E-state index is 13.8. The zero-order valence-corrected chi connectivity index (χ0v) is 12.2. The van der Waals surface area contributed by atoms with Crippen molar-refractivity contribution in [2.45, 2.75) is 50.7 Å². The van der Waals surface area contributed by atoms with Gasteiger partial charge in [0, 0.05) is 18.2 Å². The zero-order chi connectivity index (χ0) is 16.4. The maximum atomic E-state index is 13.8. The fourth-order valence-corrected chi connectivity index (χ4v) is 3.03. The maximum Gasteiger partial charge on any atom is 0.387 e. The molecule has 23 heavy (non-hydrogen) atoms. The van der Waals surface area contributed by atoms with Gasteiger partial charge in [0.15, 0.2) is 0 Å². The third-order valence-corrected chi connectivity index (χ3v) is 4.11. The van der Waals surface area contributed by atoms with Gasteiger partial charge >= 0.3 is 12.6 Å². The number of rotatable bonds is 5. The minimum Gasteiger partial charge on any atom is -0.435 e. The molecule has 8 heteroatoms. The first-order valence-electron chi connectivity index (χ1n) is 7.44. The van der Waals surface area contributed by atoms with Crippen molar-refractivity contribution in [3.05, 3.63) is 29.6 Å². The molecule has 0 aliphatic carbocycles. The number of amides is 2. The molecule has 3 rings (SSSR count). The van der Waals surface area contributed by atoms with Crippen LogP contribution in [0.3, 0.4) is 0 Å². The molecule has 3 atom stereocenters. The van der Waals surface area contributed by atoms with Crippen LogP contribution in [0.5, 0.6) is 5.75 Å². The highest BCUT2D eigenvalue weighted by molar-refractivity contribution is 5.74. The van der Waals surface area contributed by atoms with Gasteiger partial charge in [-0.15, -0.1) is 0 Å². The molecule has 1 aromatic carbocycles. The van der Waals surface area contributed by atoms with Crippen LogP contribution in [0.1, 0.15) is 24.8 Å². The van der Waals surface area contributed by atoms with Crippen LogP contribution in [0.4, 0.5) is 18.0 Å². The van der Waals surface area contributed by atoms with E-state index in [1.165, 1.54) is 12.1 Å². The highest BCUT2D eigenvalue weighted by atomic mass is 19.3. The lowest BCUT2D eigenvalue weighted by Gasteiger charge is -2.20. The second-order valence-corrected chi connectivity index (χ2v) is 5.67. The van der Waals surface area contributed by atoms with Gasteiger partial charge in [0.2, 0.25) is 0 Å². The summed E-state index contributed by atoms with van der Waals surface area (Å²) >= 11 is 0. The smallest absolute Gasteiger partial charge is 0.387 e. The van der Waals surface area contributed by atoms with Crippen molar-refractivity contribution >= 4 is 6.03 Å². The van der Waals surface area contributed by atoms with Crippen LogP contribution in [0.15, 0.2) is 18.2 Å². The van der Waals surface area contributed by atoms with Crippen molar-refractivity contribution < 1.29 is 27.4 Å². The van der Waals surface area contributed by atoms with Crippen LogP contribution < -0.4 is 15.4 Å². The molecule has 0 saturated carbocycles. The van der Waals surface area contributed by atoms with E-state index in [4.69, 9.17) is 4.74 Å². The molecule has 0 unspecified atom stereocenters. The van der Waals surface area contributed by atoms with E-state index in [0.717, 1.165) is 25.3 Å². The molecular formula is C15H17F3N2O3. The van der Waals surface area contributed by atoms with Gasteiger partial charge in [-0.3, -0.25) is 0 Å².